The molecule has 0 amide bonds. The first-order chi connectivity index (χ1) is 2.00. The third-order valence-electron chi connectivity index (χ3n) is 0. The predicted molar refractivity (Wildman–Crippen MR) is 12.2 cm³/mol. The van der Waals surface area contributed by atoms with Crippen LogP contribution in [-0.2, 0) is 40.1 Å². The molecule has 0 fully saturated rings. The van der Waals surface area contributed by atoms with Gasteiger partial charge in [0, 0.05) is 0 Å². The molecular weight excluding hydrogens is 148 g/mol. The monoisotopic (exact) mass is 148 g/mol. The third kappa shape index (κ3) is 988. The molecule has 0 aliphatic heterocycles. The summed E-state index contributed by atoms with van der Waals surface area (Å²) < 4.78 is 14.5. The molecule has 0 aromatic heterocycles. The first kappa shape index (κ1) is 34.5. The van der Waals surface area contributed by atoms with E-state index in [1.807, 2.05) is 0 Å². The fraction of sp³-hybridized carbons (Fsp3) is 0. The first-order valence-corrected chi connectivity index (χ1v) is 0.365. The Morgan fingerprint density at radius 2 is 0.833 bits per heavy atom. The van der Waals surface area contributed by atoms with Gasteiger partial charge in [-0.05, 0) is 0 Å². The molecule has 0 rings (SSSR count). The molecule has 0 saturated carbocycles. The van der Waals surface area contributed by atoms with Gasteiger partial charge in [-0.1, -0.05) is 0 Å². The summed E-state index contributed by atoms with van der Waals surface area (Å²) in [5.41, 5.74) is 11.5. The summed E-state index contributed by atoms with van der Waals surface area (Å²) in [6, 6.07) is 0. The molecule has 6 heavy (non-hydrogen) atoms. The van der Waals surface area contributed by atoms with Crippen LogP contribution >= 0.6 is 0 Å². The Bertz CT molecular complexity index is 27.0. The van der Waals surface area contributed by atoms with E-state index in [4.69, 9.17) is 20.5 Å². The maximum absolute atomic E-state index is 7.25. The van der Waals surface area contributed by atoms with E-state index in [-0.39, 0.29) is 30.6 Å². The average molecular weight is 148 g/mol. The summed E-state index contributed by atoms with van der Waals surface area (Å²) in [5, 5.41) is 0. The second-order valence-electron chi connectivity index (χ2n) is 0. The van der Waals surface area contributed by atoms with Gasteiger partial charge in [-0.25, -0.2) is 0 Å². The molecule has 34 valence electrons. The van der Waals surface area contributed by atoms with Crippen molar-refractivity contribution in [3.63, 3.8) is 0 Å². The van der Waals surface area contributed by atoms with Gasteiger partial charge in [-0.2, -0.15) is 0 Å². The van der Waals surface area contributed by atoms with E-state index >= 15 is 0 Å². The minimum atomic E-state index is 0. The molecule has 0 spiro atoms. The van der Waals surface area contributed by atoms with Crippen LogP contribution in [0.4, 0.5) is 0 Å². The number of hydrogen-bond acceptors (Lipinski definition) is 2. The summed E-state index contributed by atoms with van der Waals surface area (Å²) in [4.78, 5) is 0. The quantitative estimate of drug-likeness (QED) is 0.351. The largest absolute Gasteiger partial charge is 2.00 e. The average Bonchev–Trinajstić information content (AvgIpc) is 1.50. The maximum Gasteiger partial charge on any atom is 2.00 e. The van der Waals surface area contributed by atoms with Crippen molar-refractivity contribution in [1.82, 2.24) is 0 Å². The molecule has 6 heteroatoms. The van der Waals surface area contributed by atoms with E-state index in [0.29, 0.717) is 0 Å². The fourth-order valence-corrected chi connectivity index (χ4v) is 0. The number of rotatable bonds is 0. The van der Waals surface area contributed by atoms with E-state index in [9.17, 15) is 0 Å². The van der Waals surface area contributed by atoms with Gasteiger partial charge in [0.25, 0.3) is 0 Å². The summed E-state index contributed by atoms with van der Waals surface area (Å²) in [6.07, 6.45) is 0. The Morgan fingerprint density at radius 1 is 0.833 bits per heavy atom. The van der Waals surface area contributed by atoms with Crippen LogP contribution in [0.25, 0.3) is 0 Å². The maximum atomic E-state index is 7.25. The Kier molecular flexibility index (Phi) is 12100. The topological polar surface area (TPSA) is 87.4 Å². The van der Waals surface area contributed by atoms with Crippen molar-refractivity contribution in [3.05, 3.63) is 0 Å². The van der Waals surface area contributed by atoms with Gasteiger partial charge >= 0.3 is 37.5 Å². The van der Waals surface area contributed by atoms with Crippen LogP contribution in [-0.4, -0.2) is 0 Å². The molecule has 0 aromatic carbocycles. The Balaban J connectivity index is -0.00000000500. The minimum Gasteiger partial charge on any atom is -2.00 e. The standard InChI is InChI=1S/Fe.2NO.S/c;2*1-2;/q+2;2*+1;-2. The third-order valence-corrected chi connectivity index (χ3v) is 0. The van der Waals surface area contributed by atoms with E-state index in [1.165, 1.54) is 0 Å². The normalized spacial score (nSPS) is 0.667. The van der Waals surface area contributed by atoms with Crippen molar-refractivity contribution in [2.75, 3.05) is 0 Å². The van der Waals surface area contributed by atoms with Crippen molar-refractivity contribution in [2.24, 2.45) is 0 Å². The van der Waals surface area contributed by atoms with Gasteiger partial charge in [-0.3, -0.25) is 0 Å². The molecule has 0 saturated heterocycles. The smallest absolute Gasteiger partial charge is 2.00 e. The van der Waals surface area contributed by atoms with Crippen LogP contribution in [0, 0.1) is 10.9 Å². The summed E-state index contributed by atoms with van der Waals surface area (Å²) >= 11 is 0. The molecule has 0 aromatic rings. The molecular formula is FeN2O2S+2. The van der Waals surface area contributed by atoms with Gasteiger partial charge in [-0.15, -0.1) is 0 Å². The summed E-state index contributed by atoms with van der Waals surface area (Å²) in [5.74, 6) is 0. The van der Waals surface area contributed by atoms with Crippen molar-refractivity contribution >= 4 is 13.5 Å². The second kappa shape index (κ2) is 2100. The Labute approximate surface area is 51.6 Å². The molecule has 0 unspecified atom stereocenters. The van der Waals surface area contributed by atoms with Gasteiger partial charge < -0.3 is 13.5 Å². The Hall–Kier alpha value is 0.209. The number of nitrogens with zero attached hydrogens (tertiary/aromatic N) is 2. The van der Waals surface area contributed by atoms with E-state index < -0.39 is 0 Å². The van der Waals surface area contributed by atoms with Crippen LogP contribution in [0.5, 0.6) is 0 Å². The molecule has 4 nitrogen and oxygen atoms in total. The van der Waals surface area contributed by atoms with Gasteiger partial charge in [0.1, 0.15) is 0 Å². The van der Waals surface area contributed by atoms with Crippen molar-refractivity contribution in [3.8, 4) is 0 Å². The molecule has 0 atom stereocenters. The van der Waals surface area contributed by atoms with E-state index in [0.717, 1.165) is 0 Å². The zero-order chi connectivity index (χ0) is 4.00. The van der Waals surface area contributed by atoms with Crippen LogP contribution in [0.1, 0.15) is 0 Å². The predicted octanol–water partition coefficient (Wildman–Crippen LogP) is -0.212. The van der Waals surface area contributed by atoms with Gasteiger partial charge in [0.05, 0.1) is 0 Å². The number of hydrogen-bond donors (Lipinski definition) is 0. The zero-order valence-electron chi connectivity index (χ0n) is 2.47. The SMILES string of the molecule is N#[O+].N#[O+].[Fe+2].[S-2]. The fourth-order valence-electron chi connectivity index (χ4n) is 0. The van der Waals surface area contributed by atoms with Crippen molar-refractivity contribution in [2.45, 2.75) is 0 Å². The van der Waals surface area contributed by atoms with E-state index in [2.05, 4.69) is 0 Å². The second-order valence-corrected chi connectivity index (χ2v) is 0. The van der Waals surface area contributed by atoms with Crippen LogP contribution in [0.3, 0.4) is 0 Å². The van der Waals surface area contributed by atoms with Crippen LogP contribution in [0.15, 0.2) is 0 Å². The molecule has 0 bridgehead atoms. The molecule has 0 radical (unpaired) electrons. The molecule has 0 aliphatic carbocycles. The van der Waals surface area contributed by atoms with E-state index in [1.54, 1.807) is 0 Å². The van der Waals surface area contributed by atoms with Crippen LogP contribution < -0.4 is 0 Å². The molecule has 0 heterocycles. The van der Waals surface area contributed by atoms with Crippen molar-refractivity contribution < 1.29 is 26.6 Å². The Morgan fingerprint density at radius 3 is 0.833 bits per heavy atom. The zero-order valence-corrected chi connectivity index (χ0v) is 4.39. The van der Waals surface area contributed by atoms with Gasteiger partial charge in [0.2, 0.25) is 0 Å². The molecule has 0 aliphatic rings. The first-order valence-electron chi connectivity index (χ1n) is 0.365. The van der Waals surface area contributed by atoms with Crippen molar-refractivity contribution in [1.29, 1.82) is 10.9 Å². The van der Waals surface area contributed by atoms with Crippen LogP contribution in [0.2, 0.25) is 0 Å². The summed E-state index contributed by atoms with van der Waals surface area (Å²) in [6.45, 7) is 0. The minimum absolute atomic E-state index is 0. The molecule has 0 N–H and O–H groups in total. The summed E-state index contributed by atoms with van der Waals surface area (Å²) in [7, 11) is 0. The van der Waals surface area contributed by atoms with Gasteiger partial charge in [0.15, 0.2) is 0 Å².